The molecular weight excluding hydrogens is 246 g/mol. The lowest BCUT2D eigenvalue weighted by molar-refractivity contribution is -0.135. The van der Waals surface area contributed by atoms with E-state index in [1.807, 2.05) is 0 Å². The van der Waals surface area contributed by atoms with E-state index in [-0.39, 0.29) is 11.5 Å². The summed E-state index contributed by atoms with van der Waals surface area (Å²) < 4.78 is 4.64. The Morgan fingerprint density at radius 1 is 1.37 bits per heavy atom. The highest BCUT2D eigenvalue weighted by Gasteiger charge is 2.05. The van der Waals surface area contributed by atoms with Gasteiger partial charge >= 0.3 is 5.97 Å². The standard InChI is InChI=1S/C10H10O4.C4H11N/c1-14-9(10(12)13)6-7-2-4-8(11)5-3-7;1-2-3-4-5/h2-6,11H,1H3,(H,12,13);2-5H2,1H3/b9-6-;. The molecule has 0 atom stereocenters. The monoisotopic (exact) mass is 267 g/mol. The van der Waals surface area contributed by atoms with Gasteiger partial charge in [0, 0.05) is 0 Å². The Morgan fingerprint density at radius 3 is 2.26 bits per heavy atom. The lowest BCUT2D eigenvalue weighted by Crippen LogP contribution is -2.01. The van der Waals surface area contributed by atoms with Crippen molar-refractivity contribution in [2.75, 3.05) is 13.7 Å². The molecule has 5 heteroatoms. The highest BCUT2D eigenvalue weighted by atomic mass is 16.5. The number of ether oxygens (including phenoxy) is 1. The van der Waals surface area contributed by atoms with E-state index in [4.69, 9.17) is 15.9 Å². The van der Waals surface area contributed by atoms with Crippen LogP contribution in [0.2, 0.25) is 0 Å². The fraction of sp³-hybridized carbons (Fsp3) is 0.357. The minimum absolute atomic E-state index is 0.136. The first-order valence-electron chi connectivity index (χ1n) is 6.03. The molecule has 1 aromatic rings. The van der Waals surface area contributed by atoms with E-state index in [0.717, 1.165) is 6.54 Å². The van der Waals surface area contributed by atoms with Crippen LogP contribution in [0.5, 0.6) is 5.75 Å². The van der Waals surface area contributed by atoms with Crippen molar-refractivity contribution in [2.24, 2.45) is 5.73 Å². The molecule has 4 N–H and O–H groups in total. The number of carbonyl (C=O) groups is 1. The third-order valence-corrected chi connectivity index (χ3v) is 2.18. The van der Waals surface area contributed by atoms with Crippen LogP contribution in [-0.4, -0.2) is 29.8 Å². The predicted molar refractivity (Wildman–Crippen MR) is 74.7 cm³/mol. The number of phenolic OH excluding ortho intramolecular Hbond substituents is 1. The van der Waals surface area contributed by atoms with Crippen molar-refractivity contribution in [1.82, 2.24) is 0 Å². The second kappa shape index (κ2) is 9.96. The molecule has 5 nitrogen and oxygen atoms in total. The summed E-state index contributed by atoms with van der Waals surface area (Å²) in [5.74, 6) is -1.13. The average Bonchev–Trinajstić information content (AvgIpc) is 2.39. The number of hydrogen-bond donors (Lipinski definition) is 3. The second-order valence-electron chi connectivity index (χ2n) is 3.75. The highest BCUT2D eigenvalue weighted by Crippen LogP contribution is 2.12. The van der Waals surface area contributed by atoms with E-state index in [1.165, 1.54) is 38.2 Å². The molecule has 0 fully saturated rings. The van der Waals surface area contributed by atoms with Crippen LogP contribution in [-0.2, 0) is 9.53 Å². The molecule has 0 heterocycles. The van der Waals surface area contributed by atoms with E-state index < -0.39 is 5.97 Å². The van der Waals surface area contributed by atoms with E-state index in [0.29, 0.717) is 5.56 Å². The second-order valence-corrected chi connectivity index (χ2v) is 3.75. The van der Waals surface area contributed by atoms with Crippen LogP contribution in [0.1, 0.15) is 25.3 Å². The number of hydrogen-bond acceptors (Lipinski definition) is 4. The molecule has 106 valence electrons. The third kappa shape index (κ3) is 7.83. The topological polar surface area (TPSA) is 92.8 Å². The summed E-state index contributed by atoms with van der Waals surface area (Å²) in [6.45, 7) is 2.98. The van der Waals surface area contributed by atoms with Crippen molar-refractivity contribution in [1.29, 1.82) is 0 Å². The summed E-state index contributed by atoms with van der Waals surface area (Å²) in [6, 6.07) is 6.14. The number of benzene rings is 1. The van der Waals surface area contributed by atoms with Crippen LogP contribution in [0.25, 0.3) is 6.08 Å². The minimum Gasteiger partial charge on any atom is -0.508 e. The molecule has 0 unspecified atom stereocenters. The van der Waals surface area contributed by atoms with E-state index in [2.05, 4.69) is 11.7 Å². The summed E-state index contributed by atoms with van der Waals surface area (Å²) in [5, 5.41) is 17.6. The van der Waals surface area contributed by atoms with Crippen molar-refractivity contribution in [3.63, 3.8) is 0 Å². The molecule has 0 amide bonds. The zero-order chi connectivity index (χ0) is 14.7. The van der Waals surface area contributed by atoms with Gasteiger partial charge < -0.3 is 20.7 Å². The fourth-order valence-electron chi connectivity index (χ4n) is 1.13. The first kappa shape index (κ1) is 17.0. The zero-order valence-electron chi connectivity index (χ0n) is 11.3. The van der Waals surface area contributed by atoms with Gasteiger partial charge in [-0.05, 0) is 36.7 Å². The maximum Gasteiger partial charge on any atom is 0.371 e. The zero-order valence-corrected chi connectivity index (χ0v) is 11.3. The summed E-state index contributed by atoms with van der Waals surface area (Å²) in [6.07, 6.45) is 3.76. The van der Waals surface area contributed by atoms with Gasteiger partial charge in [-0.2, -0.15) is 0 Å². The molecule has 0 aromatic heterocycles. The first-order valence-corrected chi connectivity index (χ1v) is 6.03. The van der Waals surface area contributed by atoms with E-state index in [9.17, 15) is 4.79 Å². The minimum atomic E-state index is -1.12. The number of methoxy groups -OCH3 is 1. The molecule has 1 aromatic carbocycles. The SMILES string of the molecule is CCCCN.CO/C(=C\c1ccc(O)cc1)C(=O)O. The molecule has 0 saturated heterocycles. The largest absolute Gasteiger partial charge is 0.508 e. The van der Waals surface area contributed by atoms with Crippen molar-refractivity contribution >= 4 is 12.0 Å². The quantitative estimate of drug-likeness (QED) is 0.562. The van der Waals surface area contributed by atoms with Crippen molar-refractivity contribution in [2.45, 2.75) is 19.8 Å². The van der Waals surface area contributed by atoms with Crippen LogP contribution in [0, 0.1) is 0 Å². The summed E-state index contributed by atoms with van der Waals surface area (Å²) in [4.78, 5) is 10.6. The predicted octanol–water partition coefficient (Wildman–Crippen LogP) is 2.21. The lowest BCUT2D eigenvalue weighted by atomic mass is 10.2. The van der Waals surface area contributed by atoms with Crippen LogP contribution in [0.4, 0.5) is 0 Å². The molecule has 0 saturated carbocycles. The average molecular weight is 267 g/mol. The van der Waals surface area contributed by atoms with E-state index >= 15 is 0 Å². The number of aromatic hydroxyl groups is 1. The van der Waals surface area contributed by atoms with Crippen molar-refractivity contribution in [3.8, 4) is 5.75 Å². The third-order valence-electron chi connectivity index (χ3n) is 2.18. The normalized spacial score (nSPS) is 10.4. The van der Waals surface area contributed by atoms with Crippen LogP contribution < -0.4 is 5.73 Å². The van der Waals surface area contributed by atoms with Crippen LogP contribution >= 0.6 is 0 Å². The summed E-state index contributed by atoms with van der Waals surface area (Å²) in [7, 11) is 1.29. The van der Waals surface area contributed by atoms with Gasteiger partial charge in [0.05, 0.1) is 7.11 Å². The van der Waals surface area contributed by atoms with Gasteiger partial charge in [-0.25, -0.2) is 4.79 Å². The lowest BCUT2D eigenvalue weighted by Gasteiger charge is -2.00. The Balaban J connectivity index is 0.000000555. The number of nitrogens with two attached hydrogens (primary N) is 1. The van der Waals surface area contributed by atoms with Gasteiger partial charge in [0.25, 0.3) is 0 Å². The Labute approximate surface area is 113 Å². The molecule has 19 heavy (non-hydrogen) atoms. The fourth-order valence-corrected chi connectivity index (χ4v) is 1.13. The first-order chi connectivity index (χ1) is 9.04. The Morgan fingerprint density at radius 2 is 1.95 bits per heavy atom. The Kier molecular flexibility index (Phi) is 8.91. The van der Waals surface area contributed by atoms with Gasteiger partial charge in [-0.15, -0.1) is 0 Å². The molecule has 0 bridgehead atoms. The smallest absolute Gasteiger partial charge is 0.371 e. The molecule has 0 radical (unpaired) electrons. The molecule has 0 aliphatic heterocycles. The Bertz CT molecular complexity index is 396. The number of aliphatic carboxylic acids is 1. The van der Waals surface area contributed by atoms with Gasteiger partial charge in [-0.1, -0.05) is 25.5 Å². The maximum atomic E-state index is 10.6. The van der Waals surface area contributed by atoms with Gasteiger partial charge in [0.15, 0.2) is 0 Å². The molecule has 0 aliphatic rings. The van der Waals surface area contributed by atoms with Gasteiger partial charge in [0.1, 0.15) is 5.75 Å². The van der Waals surface area contributed by atoms with Crippen molar-refractivity contribution in [3.05, 3.63) is 35.6 Å². The maximum absolute atomic E-state index is 10.6. The number of phenols is 1. The molecule has 0 spiro atoms. The van der Waals surface area contributed by atoms with Gasteiger partial charge in [0.2, 0.25) is 5.76 Å². The summed E-state index contributed by atoms with van der Waals surface area (Å²) in [5.41, 5.74) is 5.79. The number of carboxylic acid groups (broad SMARTS) is 1. The van der Waals surface area contributed by atoms with E-state index in [1.54, 1.807) is 12.1 Å². The van der Waals surface area contributed by atoms with Crippen LogP contribution in [0.15, 0.2) is 30.0 Å². The number of rotatable bonds is 5. The van der Waals surface area contributed by atoms with Crippen molar-refractivity contribution < 1.29 is 19.7 Å². The summed E-state index contributed by atoms with van der Waals surface area (Å²) >= 11 is 0. The molecule has 0 aliphatic carbocycles. The number of unbranched alkanes of at least 4 members (excludes halogenated alkanes) is 1. The van der Waals surface area contributed by atoms with Gasteiger partial charge in [-0.3, -0.25) is 0 Å². The molecule has 1 rings (SSSR count). The highest BCUT2D eigenvalue weighted by molar-refractivity contribution is 5.89. The Hall–Kier alpha value is -2.01. The van der Waals surface area contributed by atoms with Crippen LogP contribution in [0.3, 0.4) is 0 Å². The number of carboxylic acids is 1. The molecular formula is C14H21NO4.